The maximum Gasteiger partial charge on any atom is 0.421 e. The van der Waals surface area contributed by atoms with E-state index < -0.39 is 64.4 Å². The number of benzene rings is 6. The standard InChI is InChI=1S/C63H57N5O12/c69-33-34-76-49-18-10-17-47(37-49)58-63(50-35-42(20-19-41-11-4-1-5-12-41)23-27-51(50)66(61(63)72)62(73)77-39-43-21-25-48(26-22-43)68(74)75)54(59(70)65-31-29-64(30-32-65)38-44-24-28-52-53(36-44)79-40-78-52)56-60(71)80-57(46-15-8-3-9-16-46)55(67(56)58)45-13-6-2-7-14-45/h2-3,6-11,13-18,21-28,35-37,54-58,69H,1,4-5,12,29-34,38-40H2/t54-,55-,56-,57+,58+,63-/m0/s1. The van der Waals surface area contributed by atoms with Crippen molar-refractivity contribution in [2.45, 2.75) is 68.5 Å². The van der Waals surface area contributed by atoms with Gasteiger partial charge in [-0.2, -0.15) is 0 Å². The van der Waals surface area contributed by atoms with Gasteiger partial charge in [0.1, 0.15) is 36.5 Å². The van der Waals surface area contributed by atoms with E-state index in [1.54, 1.807) is 41.3 Å². The number of piperazine rings is 1. The minimum Gasteiger partial charge on any atom is -0.491 e. The number of rotatable bonds is 12. The first-order valence-corrected chi connectivity index (χ1v) is 27.0. The maximum absolute atomic E-state index is 17.0. The third-order valence-corrected chi connectivity index (χ3v) is 16.1. The summed E-state index contributed by atoms with van der Waals surface area (Å²) in [7, 11) is 0. The minimum atomic E-state index is -2.10. The van der Waals surface area contributed by atoms with Crippen LogP contribution in [0, 0.1) is 27.9 Å². The van der Waals surface area contributed by atoms with E-state index in [-0.39, 0.29) is 56.6 Å². The molecule has 17 heteroatoms. The Morgan fingerprint density at radius 1 is 0.762 bits per heavy atom. The molecule has 1 aliphatic carbocycles. The highest BCUT2D eigenvalue weighted by atomic mass is 16.7. The van der Waals surface area contributed by atoms with Crippen molar-refractivity contribution in [1.29, 1.82) is 0 Å². The Kier molecular flexibility index (Phi) is 14.4. The van der Waals surface area contributed by atoms with E-state index in [4.69, 9.17) is 23.7 Å². The van der Waals surface area contributed by atoms with Gasteiger partial charge in [-0.05, 0) is 119 Å². The average molecular weight is 1080 g/mol. The van der Waals surface area contributed by atoms with Gasteiger partial charge in [0.2, 0.25) is 18.6 Å². The van der Waals surface area contributed by atoms with Crippen LogP contribution in [0.3, 0.4) is 0 Å². The smallest absolute Gasteiger partial charge is 0.421 e. The molecule has 3 fully saturated rings. The number of hydrogen-bond acceptors (Lipinski definition) is 14. The zero-order chi connectivity index (χ0) is 54.9. The van der Waals surface area contributed by atoms with E-state index in [0.29, 0.717) is 59.1 Å². The van der Waals surface area contributed by atoms with Crippen LogP contribution in [-0.4, -0.2) is 101 Å². The van der Waals surface area contributed by atoms with Gasteiger partial charge in [-0.15, -0.1) is 0 Å². The molecular weight excluding hydrogens is 1020 g/mol. The lowest BCUT2D eigenvalue weighted by Crippen LogP contribution is -2.59. The summed E-state index contributed by atoms with van der Waals surface area (Å²) in [6, 6.07) is 39.1. The number of morpholine rings is 1. The number of cyclic esters (lactones) is 1. The number of anilines is 1. The van der Waals surface area contributed by atoms with Crippen molar-refractivity contribution in [1.82, 2.24) is 14.7 Å². The number of nitro benzene ring substituents is 1. The molecule has 6 aliphatic rings. The van der Waals surface area contributed by atoms with Crippen LogP contribution in [0.4, 0.5) is 16.2 Å². The van der Waals surface area contributed by atoms with Crippen LogP contribution in [0.5, 0.6) is 17.2 Å². The van der Waals surface area contributed by atoms with Crippen LogP contribution in [-0.2, 0) is 42.4 Å². The number of esters is 1. The molecule has 80 heavy (non-hydrogen) atoms. The summed E-state index contributed by atoms with van der Waals surface area (Å²) in [4.78, 5) is 82.4. The van der Waals surface area contributed by atoms with Crippen molar-refractivity contribution < 1.29 is 52.9 Å². The first-order valence-electron chi connectivity index (χ1n) is 27.0. The Morgan fingerprint density at radius 2 is 1.50 bits per heavy atom. The number of hydrogen-bond donors (Lipinski definition) is 1. The molecule has 5 heterocycles. The molecule has 3 saturated heterocycles. The van der Waals surface area contributed by atoms with Gasteiger partial charge in [0, 0.05) is 50.4 Å². The van der Waals surface area contributed by atoms with E-state index in [2.05, 4.69) is 22.8 Å². The minimum absolute atomic E-state index is 0.0446. The second kappa shape index (κ2) is 22.1. The highest BCUT2D eigenvalue weighted by Crippen LogP contribution is 2.66. The highest BCUT2D eigenvalue weighted by molar-refractivity contribution is 6.23. The molecule has 6 aromatic rings. The van der Waals surface area contributed by atoms with Gasteiger partial charge in [-0.3, -0.25) is 34.3 Å². The summed E-state index contributed by atoms with van der Waals surface area (Å²) < 4.78 is 30.0. The fourth-order valence-electron chi connectivity index (χ4n) is 12.5. The third-order valence-electron chi connectivity index (χ3n) is 16.1. The number of carbonyl (C=O) groups is 4. The lowest BCUT2D eigenvalue weighted by molar-refractivity contribution is -0.384. The van der Waals surface area contributed by atoms with Crippen LogP contribution in [0.2, 0.25) is 0 Å². The number of carbonyl (C=O) groups excluding carboxylic acids is 4. The second-order valence-corrected chi connectivity index (χ2v) is 20.8. The van der Waals surface area contributed by atoms with E-state index in [1.165, 1.54) is 24.3 Å². The summed E-state index contributed by atoms with van der Waals surface area (Å²) >= 11 is 0. The summed E-state index contributed by atoms with van der Waals surface area (Å²) in [5, 5.41) is 21.5. The Balaban J connectivity index is 1.05. The predicted octanol–water partition coefficient (Wildman–Crippen LogP) is 8.89. The molecular formula is C63H57N5O12. The first-order chi connectivity index (χ1) is 39.1. The molecule has 6 aromatic carbocycles. The molecule has 0 aromatic heterocycles. The van der Waals surface area contributed by atoms with Crippen molar-refractivity contribution >= 4 is 35.3 Å². The normalized spacial score (nSPS) is 23.1. The van der Waals surface area contributed by atoms with Crippen molar-refractivity contribution in [3.8, 4) is 29.1 Å². The fraction of sp³-hybridized carbons (Fsp3) is 0.302. The van der Waals surface area contributed by atoms with Crippen LogP contribution < -0.4 is 19.1 Å². The molecule has 0 saturated carbocycles. The van der Waals surface area contributed by atoms with Gasteiger partial charge in [0.05, 0.1) is 35.2 Å². The Labute approximate surface area is 462 Å². The van der Waals surface area contributed by atoms with Crippen LogP contribution in [0.25, 0.3) is 0 Å². The van der Waals surface area contributed by atoms with E-state index in [9.17, 15) is 15.2 Å². The SMILES string of the molecule is O=C1O[C@H](c2ccccc2)[C@H](c2ccccc2)N2[C@H]1[C@@H](C(=O)N1CCN(Cc3ccc4c(c3)OCO4)CC1)[C@]1(C(=O)N(C(=O)OCc3ccc([N+](=O)[O-])cc3)c3ccc(C#CC4=CCCCC4)cc31)[C@H]2c1cccc(OCCO)c1. The van der Waals surface area contributed by atoms with Crippen molar-refractivity contribution in [3.63, 3.8) is 0 Å². The molecule has 0 bridgehead atoms. The van der Waals surface area contributed by atoms with Gasteiger partial charge in [-0.25, -0.2) is 9.69 Å². The number of non-ortho nitro benzene ring substituents is 1. The number of allylic oxidation sites excluding steroid dienone is 2. The molecule has 6 atom stereocenters. The van der Waals surface area contributed by atoms with Gasteiger partial charge in [0.15, 0.2) is 11.5 Å². The number of aliphatic hydroxyl groups excluding tert-OH is 1. The largest absolute Gasteiger partial charge is 0.491 e. The summed E-state index contributed by atoms with van der Waals surface area (Å²) in [5.41, 5.74) is 3.02. The Hall–Kier alpha value is -8.82. The van der Waals surface area contributed by atoms with Crippen LogP contribution in [0.15, 0.2) is 157 Å². The van der Waals surface area contributed by atoms with E-state index in [0.717, 1.165) is 47.3 Å². The molecule has 0 radical (unpaired) electrons. The second-order valence-electron chi connectivity index (χ2n) is 20.8. The highest BCUT2D eigenvalue weighted by Gasteiger charge is 2.76. The van der Waals surface area contributed by atoms with Crippen molar-refractivity contribution in [2.75, 3.05) is 51.1 Å². The number of amides is 3. The van der Waals surface area contributed by atoms with Crippen molar-refractivity contribution in [2.24, 2.45) is 5.92 Å². The molecule has 17 nitrogen and oxygen atoms in total. The summed E-state index contributed by atoms with van der Waals surface area (Å²) in [6.07, 6.45) is 3.90. The first kappa shape index (κ1) is 51.9. The van der Waals surface area contributed by atoms with Crippen LogP contribution >= 0.6 is 0 Å². The van der Waals surface area contributed by atoms with Gasteiger partial charge < -0.3 is 33.7 Å². The summed E-state index contributed by atoms with van der Waals surface area (Å²) in [6.45, 7) is 1.42. The summed E-state index contributed by atoms with van der Waals surface area (Å²) in [5.74, 6) is 4.88. The monoisotopic (exact) mass is 1080 g/mol. The number of nitrogens with zero attached hydrogens (tertiary/aromatic N) is 5. The molecule has 0 unspecified atom stereocenters. The topological polar surface area (TPSA) is 191 Å². The average Bonchev–Trinajstić information content (AvgIpc) is 2.45. The molecule has 3 amide bonds. The number of nitro groups is 1. The van der Waals surface area contributed by atoms with Crippen LogP contribution in [0.1, 0.15) is 82.8 Å². The lowest BCUT2D eigenvalue weighted by atomic mass is 9.64. The quantitative estimate of drug-likeness (QED) is 0.0529. The maximum atomic E-state index is 17.0. The number of aliphatic hydroxyl groups is 1. The van der Waals surface area contributed by atoms with Gasteiger partial charge in [-0.1, -0.05) is 96.8 Å². The Bertz CT molecular complexity index is 3460. The van der Waals surface area contributed by atoms with E-state index >= 15 is 19.2 Å². The molecule has 5 aliphatic heterocycles. The third kappa shape index (κ3) is 9.58. The molecule has 406 valence electrons. The number of ether oxygens (including phenoxy) is 5. The lowest BCUT2D eigenvalue weighted by Gasteiger charge is -2.46. The van der Waals surface area contributed by atoms with Gasteiger partial charge in [0.25, 0.3) is 5.69 Å². The molecule has 1 spiro atoms. The molecule has 12 rings (SSSR count). The van der Waals surface area contributed by atoms with E-state index in [1.807, 2.05) is 89.8 Å². The van der Waals surface area contributed by atoms with Crippen molar-refractivity contribution in [3.05, 3.63) is 206 Å². The zero-order valence-corrected chi connectivity index (χ0v) is 43.7. The molecule has 1 N–H and O–H groups in total. The number of imide groups is 1. The van der Waals surface area contributed by atoms with Gasteiger partial charge >= 0.3 is 12.1 Å². The zero-order valence-electron chi connectivity index (χ0n) is 43.7. The fourth-order valence-corrected chi connectivity index (χ4v) is 12.5. The Morgan fingerprint density at radius 3 is 2.24 bits per heavy atom. The predicted molar refractivity (Wildman–Crippen MR) is 292 cm³/mol. The number of fused-ring (bicyclic) bond motifs is 4.